The fourth-order valence-electron chi connectivity index (χ4n) is 1.51. The monoisotopic (exact) mass is 343 g/mol. The van der Waals surface area contributed by atoms with Crippen LogP contribution in [0.5, 0.6) is 0 Å². The van der Waals surface area contributed by atoms with Crippen LogP contribution in [0.3, 0.4) is 0 Å². The molecule has 8 heteroatoms. The fourth-order valence-corrected chi connectivity index (χ4v) is 2.76. The molecular weight excluding hydrogens is 333 g/mol. The summed E-state index contributed by atoms with van der Waals surface area (Å²) in [7, 11) is 0. The Bertz CT molecular complexity index is 688. The number of ketones is 1. The highest BCUT2D eigenvalue weighted by Crippen LogP contribution is 2.23. The van der Waals surface area contributed by atoms with Crippen molar-refractivity contribution in [3.8, 4) is 0 Å². The maximum atomic E-state index is 12.1. The van der Waals surface area contributed by atoms with E-state index < -0.39 is 5.91 Å². The van der Waals surface area contributed by atoms with Crippen LogP contribution < -0.4 is 5.32 Å². The number of anilines is 1. The van der Waals surface area contributed by atoms with Crippen LogP contribution in [0, 0.1) is 0 Å². The summed E-state index contributed by atoms with van der Waals surface area (Å²) in [4.78, 5) is 23.4. The third-order valence-corrected chi connectivity index (χ3v) is 3.99. The number of Topliss-reactive ketones (excluding diaryl/α,β-unsaturated/α-hetero) is 1. The van der Waals surface area contributed by atoms with Gasteiger partial charge in [-0.3, -0.25) is 14.9 Å². The lowest BCUT2D eigenvalue weighted by Crippen LogP contribution is -2.12. The average Bonchev–Trinajstić information content (AvgIpc) is 2.85. The quantitative estimate of drug-likeness (QED) is 0.899. The molecule has 0 atom stereocenters. The summed E-state index contributed by atoms with van der Waals surface area (Å²) < 4.78 is 0. The highest BCUT2D eigenvalue weighted by Gasteiger charge is 2.14. The molecule has 0 spiro atoms. The van der Waals surface area contributed by atoms with E-state index in [1.54, 1.807) is 13.0 Å². The van der Waals surface area contributed by atoms with Crippen LogP contribution >= 0.6 is 34.5 Å². The Morgan fingerprint density at radius 2 is 2.05 bits per heavy atom. The SMILES string of the molecule is CCC(=O)Cc1nnc(NC(=O)c2ccc(Cl)cc2Cl)s1. The molecule has 1 aromatic heterocycles. The van der Waals surface area contributed by atoms with Crippen molar-refractivity contribution in [2.45, 2.75) is 19.8 Å². The molecule has 0 radical (unpaired) electrons. The number of rotatable bonds is 5. The van der Waals surface area contributed by atoms with E-state index in [1.807, 2.05) is 0 Å². The number of halogens is 2. The van der Waals surface area contributed by atoms with Gasteiger partial charge in [0.15, 0.2) is 0 Å². The molecule has 1 aromatic carbocycles. The number of hydrogen-bond acceptors (Lipinski definition) is 5. The summed E-state index contributed by atoms with van der Waals surface area (Å²) in [6, 6.07) is 4.60. The molecule has 0 saturated heterocycles. The first-order valence-electron chi connectivity index (χ1n) is 6.10. The minimum atomic E-state index is -0.402. The van der Waals surface area contributed by atoms with E-state index in [9.17, 15) is 9.59 Å². The van der Waals surface area contributed by atoms with E-state index in [0.717, 1.165) is 11.3 Å². The third-order valence-electron chi connectivity index (χ3n) is 2.61. The molecule has 21 heavy (non-hydrogen) atoms. The zero-order chi connectivity index (χ0) is 15.4. The molecule has 0 saturated carbocycles. The first-order valence-corrected chi connectivity index (χ1v) is 7.67. The highest BCUT2D eigenvalue weighted by molar-refractivity contribution is 7.15. The second kappa shape index (κ2) is 6.98. The third kappa shape index (κ3) is 4.23. The Labute approximate surface area is 135 Å². The second-order valence-electron chi connectivity index (χ2n) is 4.15. The van der Waals surface area contributed by atoms with Crippen molar-refractivity contribution < 1.29 is 9.59 Å². The van der Waals surface area contributed by atoms with Crippen molar-refractivity contribution in [2.75, 3.05) is 5.32 Å². The van der Waals surface area contributed by atoms with Crippen LogP contribution in [0.4, 0.5) is 5.13 Å². The lowest BCUT2D eigenvalue weighted by atomic mass is 10.2. The Balaban J connectivity index is 2.07. The molecule has 0 aliphatic carbocycles. The van der Waals surface area contributed by atoms with E-state index in [4.69, 9.17) is 23.2 Å². The Kier molecular flexibility index (Phi) is 5.27. The van der Waals surface area contributed by atoms with Crippen molar-refractivity contribution in [1.82, 2.24) is 10.2 Å². The molecule has 0 aliphatic rings. The molecule has 2 rings (SSSR count). The van der Waals surface area contributed by atoms with Gasteiger partial charge in [0.25, 0.3) is 5.91 Å². The van der Waals surface area contributed by atoms with Gasteiger partial charge >= 0.3 is 0 Å². The number of amides is 1. The maximum Gasteiger partial charge on any atom is 0.259 e. The van der Waals surface area contributed by atoms with Gasteiger partial charge in [-0.25, -0.2) is 0 Å². The number of hydrogen-bond donors (Lipinski definition) is 1. The Hall–Kier alpha value is -1.50. The maximum absolute atomic E-state index is 12.1. The number of carbonyl (C=O) groups is 2. The molecule has 1 amide bonds. The normalized spacial score (nSPS) is 10.4. The lowest BCUT2D eigenvalue weighted by molar-refractivity contribution is -0.118. The zero-order valence-corrected chi connectivity index (χ0v) is 13.3. The van der Waals surface area contributed by atoms with E-state index in [2.05, 4.69) is 15.5 Å². The van der Waals surface area contributed by atoms with E-state index in [-0.39, 0.29) is 17.2 Å². The Morgan fingerprint density at radius 3 is 2.71 bits per heavy atom. The lowest BCUT2D eigenvalue weighted by Gasteiger charge is -2.03. The van der Waals surface area contributed by atoms with Gasteiger partial charge < -0.3 is 0 Å². The number of carbonyl (C=O) groups excluding carboxylic acids is 2. The first kappa shape index (κ1) is 15.9. The largest absolute Gasteiger partial charge is 0.299 e. The van der Waals surface area contributed by atoms with Crippen LogP contribution in [0.1, 0.15) is 28.7 Å². The minimum absolute atomic E-state index is 0.0739. The van der Waals surface area contributed by atoms with Gasteiger partial charge in [-0.15, -0.1) is 10.2 Å². The predicted octanol–water partition coefficient (Wildman–Crippen LogP) is 3.62. The summed E-state index contributed by atoms with van der Waals surface area (Å²) in [6.07, 6.45) is 0.674. The minimum Gasteiger partial charge on any atom is -0.299 e. The van der Waals surface area contributed by atoms with Gasteiger partial charge in [-0.05, 0) is 18.2 Å². The van der Waals surface area contributed by atoms with Gasteiger partial charge in [-0.1, -0.05) is 41.5 Å². The van der Waals surface area contributed by atoms with Crippen molar-refractivity contribution in [3.05, 3.63) is 38.8 Å². The summed E-state index contributed by atoms with van der Waals surface area (Å²) >= 11 is 12.9. The molecule has 2 aromatic rings. The molecular formula is C13H11Cl2N3O2S. The summed E-state index contributed by atoms with van der Waals surface area (Å²) in [5.74, 6) is -0.328. The van der Waals surface area contributed by atoms with Gasteiger partial charge in [0.2, 0.25) is 5.13 Å². The predicted molar refractivity (Wildman–Crippen MR) is 83.3 cm³/mol. The van der Waals surface area contributed by atoms with Gasteiger partial charge in [-0.2, -0.15) is 0 Å². The van der Waals surface area contributed by atoms with Crippen molar-refractivity contribution in [3.63, 3.8) is 0 Å². The van der Waals surface area contributed by atoms with Crippen molar-refractivity contribution >= 4 is 51.4 Å². The molecule has 1 heterocycles. The van der Waals surface area contributed by atoms with Crippen LogP contribution in [0.15, 0.2) is 18.2 Å². The van der Waals surface area contributed by atoms with Gasteiger partial charge in [0.05, 0.1) is 17.0 Å². The van der Waals surface area contributed by atoms with E-state index in [0.29, 0.717) is 27.1 Å². The van der Waals surface area contributed by atoms with Crippen molar-refractivity contribution in [2.24, 2.45) is 0 Å². The van der Waals surface area contributed by atoms with Crippen LogP contribution in [0.25, 0.3) is 0 Å². The van der Waals surface area contributed by atoms with Gasteiger partial charge in [0.1, 0.15) is 10.8 Å². The highest BCUT2D eigenvalue weighted by atomic mass is 35.5. The zero-order valence-electron chi connectivity index (χ0n) is 11.0. The average molecular weight is 344 g/mol. The smallest absolute Gasteiger partial charge is 0.259 e. The second-order valence-corrected chi connectivity index (χ2v) is 6.05. The standard InChI is InChI=1S/C13H11Cl2N3O2S/c1-2-8(19)6-11-17-18-13(21-11)16-12(20)9-4-3-7(14)5-10(9)15/h3-5H,2,6H2,1H3,(H,16,18,20). The number of benzene rings is 1. The number of aromatic nitrogens is 2. The first-order chi connectivity index (χ1) is 9.99. The molecule has 0 aliphatic heterocycles. The van der Waals surface area contributed by atoms with Crippen LogP contribution in [0.2, 0.25) is 10.0 Å². The van der Waals surface area contributed by atoms with E-state index >= 15 is 0 Å². The van der Waals surface area contributed by atoms with Crippen LogP contribution in [-0.2, 0) is 11.2 Å². The fraction of sp³-hybridized carbons (Fsp3) is 0.231. The Morgan fingerprint density at radius 1 is 1.29 bits per heavy atom. The molecule has 0 bridgehead atoms. The van der Waals surface area contributed by atoms with Gasteiger partial charge in [0, 0.05) is 11.4 Å². The molecule has 5 nitrogen and oxygen atoms in total. The molecule has 1 N–H and O–H groups in total. The number of nitrogens with one attached hydrogen (secondary N) is 1. The molecule has 0 unspecified atom stereocenters. The summed E-state index contributed by atoms with van der Waals surface area (Å²) in [6.45, 7) is 1.79. The molecule has 0 fully saturated rings. The molecule has 110 valence electrons. The van der Waals surface area contributed by atoms with Crippen LogP contribution in [-0.4, -0.2) is 21.9 Å². The summed E-state index contributed by atoms with van der Waals surface area (Å²) in [5.41, 5.74) is 0.294. The van der Waals surface area contributed by atoms with Crippen molar-refractivity contribution in [1.29, 1.82) is 0 Å². The van der Waals surface area contributed by atoms with E-state index in [1.165, 1.54) is 12.1 Å². The number of nitrogens with zero attached hydrogens (tertiary/aromatic N) is 2. The topological polar surface area (TPSA) is 72.0 Å². The summed E-state index contributed by atoms with van der Waals surface area (Å²) in [5, 5.41) is 11.9.